The first-order chi connectivity index (χ1) is 10.3. The Bertz CT molecular complexity index is 465. The van der Waals surface area contributed by atoms with Crippen molar-refractivity contribution in [3.8, 4) is 6.07 Å². The lowest BCUT2D eigenvalue weighted by Gasteiger charge is -2.35. The number of nitriles is 1. The van der Waals surface area contributed by atoms with Gasteiger partial charge in [-0.25, -0.2) is 0 Å². The van der Waals surface area contributed by atoms with E-state index in [1.165, 1.54) is 0 Å². The minimum absolute atomic E-state index is 0.466. The molecule has 1 aromatic rings. The topological polar surface area (TPSA) is 39.9 Å². The van der Waals surface area contributed by atoms with Crippen molar-refractivity contribution >= 4 is 0 Å². The molecule has 0 radical (unpaired) electrons. The van der Waals surface area contributed by atoms with Crippen LogP contribution in [0.2, 0.25) is 0 Å². The van der Waals surface area contributed by atoms with Gasteiger partial charge >= 0.3 is 0 Å². The Morgan fingerprint density at radius 2 is 1.77 bits per heavy atom. The van der Waals surface area contributed by atoms with E-state index in [0.29, 0.717) is 18.0 Å². The molecule has 3 heteroatoms. The van der Waals surface area contributed by atoms with E-state index in [1.54, 1.807) is 6.20 Å². The van der Waals surface area contributed by atoms with Crippen LogP contribution in [0.5, 0.6) is 0 Å². The molecule has 0 fully saturated rings. The van der Waals surface area contributed by atoms with Crippen LogP contribution < -0.4 is 0 Å². The molecule has 0 spiro atoms. The second-order valence-corrected chi connectivity index (χ2v) is 7.18. The van der Waals surface area contributed by atoms with Gasteiger partial charge in [-0.05, 0) is 58.6 Å². The van der Waals surface area contributed by atoms with Crippen LogP contribution in [-0.2, 0) is 5.41 Å². The standard InChI is InChI=1S/C19H31N3/c1-15(2)13-19(14-20,18-9-7-8-11-21-18)10-12-22(16(3)4)17(5)6/h7-9,11,15-17H,10,12-13H2,1-6H3. The number of hydrogen-bond acceptors (Lipinski definition) is 3. The van der Waals surface area contributed by atoms with Crippen LogP contribution in [0.4, 0.5) is 0 Å². The highest BCUT2D eigenvalue weighted by molar-refractivity contribution is 5.26. The summed E-state index contributed by atoms with van der Waals surface area (Å²) >= 11 is 0. The van der Waals surface area contributed by atoms with E-state index in [0.717, 1.165) is 25.1 Å². The summed E-state index contributed by atoms with van der Waals surface area (Å²) in [5.74, 6) is 0.466. The average molecular weight is 301 g/mol. The monoisotopic (exact) mass is 301 g/mol. The molecule has 1 heterocycles. The summed E-state index contributed by atoms with van der Waals surface area (Å²) in [6.07, 6.45) is 3.48. The minimum atomic E-state index is -0.489. The molecule has 0 aliphatic heterocycles. The number of pyridine rings is 1. The normalized spacial score (nSPS) is 14.6. The predicted octanol–water partition coefficient (Wildman–Crippen LogP) is 4.40. The SMILES string of the molecule is CC(C)CC(C#N)(CCN(C(C)C)C(C)C)c1ccccn1. The second kappa shape index (κ2) is 8.29. The van der Waals surface area contributed by atoms with E-state index in [-0.39, 0.29) is 0 Å². The van der Waals surface area contributed by atoms with Gasteiger partial charge in [-0.15, -0.1) is 0 Å². The molecule has 1 unspecified atom stereocenters. The fraction of sp³-hybridized carbons (Fsp3) is 0.684. The van der Waals surface area contributed by atoms with Gasteiger partial charge in [0.15, 0.2) is 0 Å². The Morgan fingerprint density at radius 3 is 2.18 bits per heavy atom. The maximum atomic E-state index is 9.96. The van der Waals surface area contributed by atoms with Gasteiger partial charge in [-0.1, -0.05) is 19.9 Å². The van der Waals surface area contributed by atoms with E-state index in [1.807, 2.05) is 18.2 Å². The molecule has 0 bridgehead atoms. The Morgan fingerprint density at radius 1 is 1.14 bits per heavy atom. The molecular formula is C19H31N3. The zero-order valence-electron chi connectivity index (χ0n) is 15.0. The molecule has 0 saturated heterocycles. The van der Waals surface area contributed by atoms with Crippen molar-refractivity contribution in [2.24, 2.45) is 5.92 Å². The Kier molecular flexibility index (Phi) is 7.03. The fourth-order valence-electron chi connectivity index (χ4n) is 3.27. The molecule has 1 atom stereocenters. The maximum absolute atomic E-state index is 9.96. The number of rotatable bonds is 8. The van der Waals surface area contributed by atoms with Crippen molar-refractivity contribution in [1.82, 2.24) is 9.88 Å². The molecule has 1 rings (SSSR count). The van der Waals surface area contributed by atoms with Crippen LogP contribution >= 0.6 is 0 Å². The minimum Gasteiger partial charge on any atom is -0.298 e. The van der Waals surface area contributed by atoms with Crippen molar-refractivity contribution in [2.45, 2.75) is 71.9 Å². The van der Waals surface area contributed by atoms with Gasteiger partial charge in [0, 0.05) is 24.8 Å². The molecule has 0 aliphatic rings. The van der Waals surface area contributed by atoms with Crippen LogP contribution in [0.25, 0.3) is 0 Å². The quantitative estimate of drug-likeness (QED) is 0.714. The molecule has 22 heavy (non-hydrogen) atoms. The third-order valence-corrected chi connectivity index (χ3v) is 4.25. The summed E-state index contributed by atoms with van der Waals surface area (Å²) in [5, 5.41) is 9.96. The molecule has 0 aromatic carbocycles. The molecule has 0 N–H and O–H groups in total. The van der Waals surface area contributed by atoms with E-state index >= 15 is 0 Å². The van der Waals surface area contributed by atoms with Gasteiger partial charge in [0.05, 0.1) is 11.8 Å². The van der Waals surface area contributed by atoms with Gasteiger partial charge in [0.25, 0.3) is 0 Å². The smallest absolute Gasteiger partial charge is 0.101 e. The molecule has 1 aromatic heterocycles. The van der Waals surface area contributed by atoms with Crippen molar-refractivity contribution in [2.75, 3.05) is 6.54 Å². The molecular weight excluding hydrogens is 270 g/mol. The summed E-state index contributed by atoms with van der Waals surface area (Å²) in [6.45, 7) is 14.2. The molecule has 0 aliphatic carbocycles. The zero-order valence-corrected chi connectivity index (χ0v) is 15.0. The summed E-state index contributed by atoms with van der Waals surface area (Å²) in [4.78, 5) is 6.96. The lowest BCUT2D eigenvalue weighted by Crippen LogP contribution is -2.41. The van der Waals surface area contributed by atoms with Gasteiger partial charge in [-0.3, -0.25) is 9.88 Å². The number of hydrogen-bond donors (Lipinski definition) is 0. The second-order valence-electron chi connectivity index (χ2n) is 7.18. The van der Waals surface area contributed by atoms with Crippen molar-refractivity contribution in [1.29, 1.82) is 5.26 Å². The molecule has 0 saturated carbocycles. The third-order valence-electron chi connectivity index (χ3n) is 4.25. The Hall–Kier alpha value is -1.40. The van der Waals surface area contributed by atoms with Crippen LogP contribution in [0.15, 0.2) is 24.4 Å². The Labute approximate surface area is 136 Å². The molecule has 0 amide bonds. The van der Waals surface area contributed by atoms with Gasteiger partial charge in [-0.2, -0.15) is 5.26 Å². The third kappa shape index (κ3) is 4.81. The average Bonchev–Trinajstić information content (AvgIpc) is 2.46. The maximum Gasteiger partial charge on any atom is 0.101 e. The molecule has 3 nitrogen and oxygen atoms in total. The van der Waals surface area contributed by atoms with Crippen LogP contribution in [0.1, 0.15) is 60.1 Å². The fourth-order valence-corrected chi connectivity index (χ4v) is 3.27. The van der Waals surface area contributed by atoms with Crippen molar-refractivity contribution < 1.29 is 0 Å². The van der Waals surface area contributed by atoms with Crippen LogP contribution in [0.3, 0.4) is 0 Å². The predicted molar refractivity (Wildman–Crippen MR) is 92.6 cm³/mol. The summed E-state index contributed by atoms with van der Waals surface area (Å²) in [7, 11) is 0. The highest BCUT2D eigenvalue weighted by Crippen LogP contribution is 2.33. The molecule has 122 valence electrons. The lowest BCUT2D eigenvalue weighted by molar-refractivity contribution is 0.158. The Balaban J connectivity index is 3.04. The first-order valence-electron chi connectivity index (χ1n) is 8.41. The van der Waals surface area contributed by atoms with Crippen molar-refractivity contribution in [3.63, 3.8) is 0 Å². The van der Waals surface area contributed by atoms with Crippen LogP contribution in [0, 0.1) is 17.2 Å². The zero-order chi connectivity index (χ0) is 16.8. The largest absolute Gasteiger partial charge is 0.298 e. The first kappa shape index (κ1) is 18.6. The lowest BCUT2D eigenvalue weighted by atomic mass is 9.75. The van der Waals surface area contributed by atoms with Gasteiger partial charge in [0.2, 0.25) is 0 Å². The van der Waals surface area contributed by atoms with Crippen LogP contribution in [-0.4, -0.2) is 28.5 Å². The first-order valence-corrected chi connectivity index (χ1v) is 8.41. The summed E-state index contributed by atoms with van der Waals surface area (Å²) in [5.41, 5.74) is 0.427. The summed E-state index contributed by atoms with van der Waals surface area (Å²) < 4.78 is 0. The van der Waals surface area contributed by atoms with Crippen molar-refractivity contribution in [3.05, 3.63) is 30.1 Å². The number of nitrogens with zero attached hydrogens (tertiary/aromatic N) is 3. The highest BCUT2D eigenvalue weighted by atomic mass is 15.2. The summed E-state index contributed by atoms with van der Waals surface area (Å²) in [6, 6.07) is 9.47. The van der Waals surface area contributed by atoms with Gasteiger partial charge < -0.3 is 0 Å². The van der Waals surface area contributed by atoms with E-state index in [9.17, 15) is 5.26 Å². The van der Waals surface area contributed by atoms with Gasteiger partial charge in [0.1, 0.15) is 5.41 Å². The number of aromatic nitrogens is 1. The van der Waals surface area contributed by atoms with E-state index in [4.69, 9.17) is 0 Å². The highest BCUT2D eigenvalue weighted by Gasteiger charge is 2.35. The van der Waals surface area contributed by atoms with E-state index in [2.05, 4.69) is 57.5 Å². The van der Waals surface area contributed by atoms with E-state index < -0.39 is 5.41 Å².